The van der Waals surface area contributed by atoms with E-state index in [1.807, 2.05) is 12.4 Å². The van der Waals surface area contributed by atoms with Crippen molar-refractivity contribution >= 4 is 17.7 Å². The molecule has 2 aromatic rings. The number of phenolic OH excluding ortho intramolecular Hbond substituents is 1. The fraction of sp³-hybridized carbons (Fsp3) is 0.458. The third kappa shape index (κ3) is 3.83. The first kappa shape index (κ1) is 20.2. The van der Waals surface area contributed by atoms with Gasteiger partial charge in [0.15, 0.2) is 6.17 Å². The van der Waals surface area contributed by atoms with E-state index < -0.39 is 0 Å². The first-order valence-corrected chi connectivity index (χ1v) is 11.2. The molecular formula is C24H31N5O2. The van der Waals surface area contributed by atoms with Gasteiger partial charge in [-0.25, -0.2) is 0 Å². The Morgan fingerprint density at radius 2 is 1.90 bits per heavy atom. The molecule has 0 amide bonds. The second-order valence-corrected chi connectivity index (χ2v) is 8.75. The summed E-state index contributed by atoms with van der Waals surface area (Å²) >= 11 is 0. The number of hydrogen-bond acceptors (Lipinski definition) is 7. The molecule has 164 valence electrons. The molecule has 0 aromatic heterocycles. The van der Waals surface area contributed by atoms with Crippen LogP contribution < -0.4 is 10.2 Å². The lowest BCUT2D eigenvalue weighted by Gasteiger charge is -2.34. The molecule has 7 heteroatoms. The van der Waals surface area contributed by atoms with Crippen LogP contribution in [0.25, 0.3) is 0 Å². The highest BCUT2D eigenvalue weighted by Gasteiger charge is 2.35. The minimum absolute atomic E-state index is 0.170. The van der Waals surface area contributed by atoms with Crippen LogP contribution in [0.4, 0.5) is 11.4 Å². The third-order valence-electron chi connectivity index (χ3n) is 6.38. The van der Waals surface area contributed by atoms with Crippen LogP contribution in [0, 0.1) is 0 Å². The van der Waals surface area contributed by atoms with Crippen molar-refractivity contribution in [3.63, 3.8) is 0 Å². The quantitative estimate of drug-likeness (QED) is 0.772. The topological polar surface area (TPSA) is 63.6 Å². The van der Waals surface area contributed by atoms with Gasteiger partial charge in [-0.2, -0.15) is 5.10 Å². The van der Waals surface area contributed by atoms with Crippen LogP contribution in [0.15, 0.2) is 41.5 Å². The van der Waals surface area contributed by atoms with Crippen LogP contribution >= 0.6 is 0 Å². The predicted molar refractivity (Wildman–Crippen MR) is 124 cm³/mol. The molecule has 0 radical (unpaired) electrons. The summed E-state index contributed by atoms with van der Waals surface area (Å²) in [5.74, 6) is 0.387. The number of benzene rings is 2. The summed E-state index contributed by atoms with van der Waals surface area (Å²) in [5, 5.41) is 21.2. The number of hydrogen-bond donors (Lipinski definition) is 2. The number of nitrogens with one attached hydrogen (secondary N) is 1. The Kier molecular flexibility index (Phi) is 5.46. The van der Waals surface area contributed by atoms with E-state index >= 15 is 0 Å². The van der Waals surface area contributed by atoms with Gasteiger partial charge in [-0.05, 0) is 50.1 Å². The SMILES string of the molecule is CC(C)N1N=CN(c2ccc(CN3CCOCC3)cc2)C1c1ccc2c(c1O)CCN2. The molecule has 2 aromatic carbocycles. The van der Waals surface area contributed by atoms with E-state index in [-0.39, 0.29) is 12.2 Å². The Bertz CT molecular complexity index is 953. The molecule has 2 N–H and O–H groups in total. The Balaban J connectivity index is 1.42. The smallest absolute Gasteiger partial charge is 0.153 e. The molecule has 0 aliphatic carbocycles. The van der Waals surface area contributed by atoms with E-state index in [1.165, 1.54) is 5.56 Å². The van der Waals surface area contributed by atoms with Gasteiger partial charge in [0.2, 0.25) is 0 Å². The summed E-state index contributed by atoms with van der Waals surface area (Å²) in [4.78, 5) is 4.58. The fourth-order valence-corrected chi connectivity index (χ4v) is 4.68. The molecule has 5 rings (SSSR count). The zero-order valence-electron chi connectivity index (χ0n) is 18.3. The van der Waals surface area contributed by atoms with Crippen LogP contribution in [0.2, 0.25) is 0 Å². The maximum absolute atomic E-state index is 11.1. The number of ether oxygens (including phenoxy) is 1. The van der Waals surface area contributed by atoms with Crippen molar-refractivity contribution in [2.24, 2.45) is 5.10 Å². The molecule has 0 bridgehead atoms. The lowest BCUT2D eigenvalue weighted by Crippen LogP contribution is -2.36. The number of hydrazone groups is 1. The summed E-state index contributed by atoms with van der Waals surface area (Å²) in [6.07, 6.45) is 2.56. The average Bonchev–Trinajstić information content (AvgIpc) is 3.43. The highest BCUT2D eigenvalue weighted by Crippen LogP contribution is 2.42. The Labute approximate surface area is 183 Å². The van der Waals surface area contributed by atoms with Crippen molar-refractivity contribution in [2.45, 2.75) is 39.0 Å². The number of aromatic hydroxyl groups is 1. The first-order chi connectivity index (χ1) is 15.1. The fourth-order valence-electron chi connectivity index (χ4n) is 4.68. The van der Waals surface area contributed by atoms with E-state index in [2.05, 4.69) is 69.4 Å². The molecular weight excluding hydrogens is 390 g/mol. The Hall–Kier alpha value is -2.77. The number of rotatable bonds is 5. The monoisotopic (exact) mass is 421 g/mol. The van der Waals surface area contributed by atoms with Gasteiger partial charge >= 0.3 is 0 Å². The van der Waals surface area contributed by atoms with Crippen LogP contribution in [-0.2, 0) is 17.7 Å². The second kappa shape index (κ2) is 8.40. The van der Waals surface area contributed by atoms with Gasteiger partial charge in [0.1, 0.15) is 12.1 Å². The number of phenols is 1. The van der Waals surface area contributed by atoms with Crippen LogP contribution in [-0.4, -0.2) is 60.2 Å². The molecule has 3 aliphatic heterocycles. The molecule has 7 nitrogen and oxygen atoms in total. The van der Waals surface area contributed by atoms with Crippen molar-refractivity contribution in [3.8, 4) is 5.75 Å². The Morgan fingerprint density at radius 3 is 2.65 bits per heavy atom. The summed E-state index contributed by atoms with van der Waals surface area (Å²) < 4.78 is 5.45. The summed E-state index contributed by atoms with van der Waals surface area (Å²) in [6, 6.07) is 13.0. The zero-order chi connectivity index (χ0) is 21.4. The number of nitrogens with zero attached hydrogens (tertiary/aromatic N) is 4. The van der Waals surface area contributed by atoms with Crippen molar-refractivity contribution < 1.29 is 9.84 Å². The van der Waals surface area contributed by atoms with Gasteiger partial charge in [-0.3, -0.25) is 9.91 Å². The zero-order valence-corrected chi connectivity index (χ0v) is 18.3. The first-order valence-electron chi connectivity index (χ1n) is 11.2. The Morgan fingerprint density at radius 1 is 1.13 bits per heavy atom. The predicted octanol–water partition coefficient (Wildman–Crippen LogP) is 3.36. The van der Waals surface area contributed by atoms with Crippen molar-refractivity contribution in [2.75, 3.05) is 43.1 Å². The average molecular weight is 422 g/mol. The van der Waals surface area contributed by atoms with Gasteiger partial charge in [0, 0.05) is 54.7 Å². The number of fused-ring (bicyclic) bond motifs is 1. The molecule has 3 heterocycles. The highest BCUT2D eigenvalue weighted by atomic mass is 16.5. The molecule has 31 heavy (non-hydrogen) atoms. The maximum atomic E-state index is 11.1. The van der Waals surface area contributed by atoms with Crippen molar-refractivity contribution in [3.05, 3.63) is 53.1 Å². The summed E-state index contributed by atoms with van der Waals surface area (Å²) in [5.41, 5.74) is 5.31. The van der Waals surface area contributed by atoms with Crippen LogP contribution in [0.3, 0.4) is 0 Å². The van der Waals surface area contributed by atoms with Crippen molar-refractivity contribution in [1.29, 1.82) is 0 Å². The molecule has 1 unspecified atom stereocenters. The van der Waals surface area contributed by atoms with Crippen molar-refractivity contribution in [1.82, 2.24) is 9.91 Å². The molecule has 1 saturated heterocycles. The van der Waals surface area contributed by atoms with Gasteiger partial charge in [0.05, 0.1) is 13.2 Å². The molecule has 0 spiro atoms. The third-order valence-corrected chi connectivity index (χ3v) is 6.38. The second-order valence-electron chi connectivity index (χ2n) is 8.75. The highest BCUT2D eigenvalue weighted by molar-refractivity contribution is 5.82. The molecule has 1 atom stereocenters. The lowest BCUT2D eigenvalue weighted by atomic mass is 10.0. The van der Waals surface area contributed by atoms with E-state index in [0.29, 0.717) is 5.75 Å². The van der Waals surface area contributed by atoms with Crippen LogP contribution in [0.1, 0.15) is 36.7 Å². The van der Waals surface area contributed by atoms with E-state index in [0.717, 1.165) is 68.3 Å². The van der Waals surface area contributed by atoms with Gasteiger partial charge in [-0.15, -0.1) is 0 Å². The molecule has 0 saturated carbocycles. The van der Waals surface area contributed by atoms with Gasteiger partial charge in [-0.1, -0.05) is 12.1 Å². The minimum Gasteiger partial charge on any atom is -0.507 e. The molecule has 3 aliphatic rings. The minimum atomic E-state index is -0.170. The maximum Gasteiger partial charge on any atom is 0.153 e. The van der Waals surface area contributed by atoms with Crippen LogP contribution in [0.5, 0.6) is 5.75 Å². The summed E-state index contributed by atoms with van der Waals surface area (Å²) in [6.45, 7) is 9.67. The van der Waals surface area contributed by atoms with E-state index in [9.17, 15) is 5.11 Å². The number of morpholine rings is 1. The number of anilines is 2. The van der Waals surface area contributed by atoms with E-state index in [4.69, 9.17) is 4.74 Å². The lowest BCUT2D eigenvalue weighted by molar-refractivity contribution is 0.0342. The van der Waals surface area contributed by atoms with Gasteiger partial charge < -0.3 is 20.1 Å². The largest absolute Gasteiger partial charge is 0.507 e. The molecule has 1 fully saturated rings. The standard InChI is InChI=1S/C24H31N5O2/c1-17(2)29-24(21-7-8-22-20(23(21)30)9-10-25-22)28(16-26-29)19-5-3-18(4-6-19)15-27-11-13-31-14-12-27/h3-8,16-17,24-25,30H,9-15H2,1-2H3. The summed E-state index contributed by atoms with van der Waals surface area (Å²) in [7, 11) is 0. The van der Waals surface area contributed by atoms with E-state index in [1.54, 1.807) is 0 Å². The normalized spacial score (nSPS) is 21.1. The van der Waals surface area contributed by atoms with Gasteiger partial charge in [0.25, 0.3) is 0 Å².